The first-order chi connectivity index (χ1) is 12.6. The van der Waals surface area contributed by atoms with Crippen LogP contribution in [0.1, 0.15) is 5.56 Å². The standard InChI is InChI=1S/C19H17N3O4/c1-21-19(24)17-11-22(15-4-2-3-5-16(15)26-17)18(23)12-25-14-8-6-13(10-20)7-9-14/h2-9,17H,11-12H2,1H3,(H,21,24)/t17-/m0/s1. The van der Waals surface area contributed by atoms with Gasteiger partial charge in [-0.15, -0.1) is 0 Å². The van der Waals surface area contributed by atoms with Crippen molar-refractivity contribution >= 4 is 17.5 Å². The fraction of sp³-hybridized carbons (Fsp3) is 0.211. The molecular weight excluding hydrogens is 334 g/mol. The summed E-state index contributed by atoms with van der Waals surface area (Å²) < 4.78 is 11.2. The highest BCUT2D eigenvalue weighted by atomic mass is 16.5. The Labute approximate surface area is 150 Å². The first-order valence-corrected chi connectivity index (χ1v) is 8.03. The molecule has 1 aliphatic rings. The van der Waals surface area contributed by atoms with E-state index in [0.717, 1.165) is 0 Å². The Balaban J connectivity index is 1.74. The number of benzene rings is 2. The number of fused-ring (bicyclic) bond motifs is 1. The molecule has 26 heavy (non-hydrogen) atoms. The van der Waals surface area contributed by atoms with Crippen LogP contribution in [0.4, 0.5) is 5.69 Å². The fourth-order valence-electron chi connectivity index (χ4n) is 2.62. The maximum Gasteiger partial charge on any atom is 0.265 e. The van der Waals surface area contributed by atoms with Crippen LogP contribution in [0.2, 0.25) is 0 Å². The minimum atomic E-state index is -0.784. The summed E-state index contributed by atoms with van der Waals surface area (Å²) in [7, 11) is 1.52. The Morgan fingerprint density at radius 2 is 2.00 bits per heavy atom. The zero-order valence-corrected chi connectivity index (χ0v) is 14.1. The smallest absolute Gasteiger partial charge is 0.265 e. The maximum atomic E-state index is 12.7. The number of ether oxygens (including phenoxy) is 2. The number of carbonyl (C=O) groups excluding carboxylic acids is 2. The number of nitrogens with zero attached hydrogens (tertiary/aromatic N) is 2. The van der Waals surface area contributed by atoms with Crippen LogP contribution in [0.5, 0.6) is 11.5 Å². The summed E-state index contributed by atoms with van der Waals surface area (Å²) in [6, 6.07) is 15.6. The molecule has 3 rings (SSSR count). The van der Waals surface area contributed by atoms with Crippen molar-refractivity contribution in [2.75, 3.05) is 25.1 Å². The van der Waals surface area contributed by atoms with Crippen LogP contribution in [-0.4, -0.2) is 38.1 Å². The van der Waals surface area contributed by atoms with Gasteiger partial charge in [-0.1, -0.05) is 12.1 Å². The Kier molecular flexibility index (Phi) is 5.04. The van der Waals surface area contributed by atoms with Crippen molar-refractivity contribution in [3.63, 3.8) is 0 Å². The topological polar surface area (TPSA) is 91.7 Å². The number of hydrogen-bond donors (Lipinski definition) is 1. The van der Waals surface area contributed by atoms with Crippen LogP contribution in [0, 0.1) is 11.3 Å². The molecule has 7 heteroatoms. The van der Waals surface area contributed by atoms with E-state index in [0.29, 0.717) is 22.7 Å². The second kappa shape index (κ2) is 7.57. The van der Waals surface area contributed by atoms with E-state index in [4.69, 9.17) is 14.7 Å². The quantitative estimate of drug-likeness (QED) is 0.901. The third-order valence-corrected chi connectivity index (χ3v) is 3.96. The molecule has 2 amide bonds. The van der Waals surface area contributed by atoms with Gasteiger partial charge in [0.2, 0.25) is 0 Å². The number of para-hydroxylation sites is 2. The van der Waals surface area contributed by atoms with Gasteiger partial charge >= 0.3 is 0 Å². The summed E-state index contributed by atoms with van der Waals surface area (Å²) in [4.78, 5) is 26.1. The van der Waals surface area contributed by atoms with E-state index in [9.17, 15) is 9.59 Å². The Morgan fingerprint density at radius 3 is 2.69 bits per heavy atom. The largest absolute Gasteiger partial charge is 0.484 e. The van der Waals surface area contributed by atoms with Crippen molar-refractivity contribution in [2.24, 2.45) is 0 Å². The molecule has 1 N–H and O–H groups in total. The third-order valence-electron chi connectivity index (χ3n) is 3.96. The summed E-state index contributed by atoms with van der Waals surface area (Å²) in [6.45, 7) is -0.0903. The Bertz CT molecular complexity index is 858. The van der Waals surface area contributed by atoms with Gasteiger partial charge in [0.15, 0.2) is 12.7 Å². The van der Waals surface area contributed by atoms with Crippen LogP contribution in [-0.2, 0) is 9.59 Å². The van der Waals surface area contributed by atoms with Crippen LogP contribution >= 0.6 is 0 Å². The number of hydrogen-bond acceptors (Lipinski definition) is 5. The lowest BCUT2D eigenvalue weighted by Gasteiger charge is -2.33. The van der Waals surface area contributed by atoms with Gasteiger partial charge in [-0.05, 0) is 36.4 Å². The molecule has 7 nitrogen and oxygen atoms in total. The molecule has 0 radical (unpaired) electrons. The molecule has 0 bridgehead atoms. The monoisotopic (exact) mass is 351 g/mol. The fourth-order valence-corrected chi connectivity index (χ4v) is 2.62. The number of rotatable bonds is 4. The first kappa shape index (κ1) is 17.3. The van der Waals surface area contributed by atoms with Gasteiger partial charge in [-0.2, -0.15) is 5.26 Å². The van der Waals surface area contributed by atoms with E-state index < -0.39 is 6.10 Å². The number of nitrogens with one attached hydrogen (secondary N) is 1. The Morgan fingerprint density at radius 1 is 1.27 bits per heavy atom. The minimum Gasteiger partial charge on any atom is -0.484 e. The van der Waals surface area contributed by atoms with Gasteiger partial charge in [0, 0.05) is 7.05 Å². The molecule has 0 saturated carbocycles. The number of amides is 2. The molecule has 1 aliphatic heterocycles. The lowest BCUT2D eigenvalue weighted by Crippen LogP contribution is -2.51. The molecule has 132 valence electrons. The molecule has 0 aliphatic carbocycles. The zero-order valence-electron chi connectivity index (χ0n) is 14.1. The SMILES string of the molecule is CNC(=O)[C@@H]1CN(C(=O)COc2ccc(C#N)cc2)c2ccccc2O1. The normalized spacial score (nSPS) is 15.2. The first-order valence-electron chi connectivity index (χ1n) is 8.03. The van der Waals surface area contributed by atoms with E-state index >= 15 is 0 Å². The highest BCUT2D eigenvalue weighted by Crippen LogP contribution is 2.33. The molecule has 1 heterocycles. The Hall–Kier alpha value is -3.53. The molecular formula is C19H17N3O4. The van der Waals surface area contributed by atoms with Crippen LogP contribution in [0.3, 0.4) is 0 Å². The highest BCUT2D eigenvalue weighted by molar-refractivity contribution is 5.98. The molecule has 2 aromatic carbocycles. The van der Waals surface area contributed by atoms with E-state index in [-0.39, 0.29) is 25.0 Å². The van der Waals surface area contributed by atoms with Crippen molar-refractivity contribution in [3.8, 4) is 17.6 Å². The average molecular weight is 351 g/mol. The second-order valence-corrected chi connectivity index (χ2v) is 5.62. The van der Waals surface area contributed by atoms with Crippen molar-refractivity contribution < 1.29 is 19.1 Å². The van der Waals surface area contributed by atoms with Crippen molar-refractivity contribution in [1.29, 1.82) is 5.26 Å². The predicted octanol–water partition coefficient (Wildman–Crippen LogP) is 1.48. The lowest BCUT2D eigenvalue weighted by atomic mass is 10.1. The van der Waals surface area contributed by atoms with Gasteiger partial charge < -0.3 is 19.7 Å². The average Bonchev–Trinajstić information content (AvgIpc) is 2.70. The molecule has 0 saturated heterocycles. The number of likely N-dealkylation sites (N-methyl/N-ethyl adjacent to an activating group) is 1. The van der Waals surface area contributed by atoms with Crippen LogP contribution < -0.4 is 19.7 Å². The molecule has 0 unspecified atom stereocenters. The minimum absolute atomic E-state index is 0.103. The summed E-state index contributed by atoms with van der Waals surface area (Å²) in [5.41, 5.74) is 1.11. The van der Waals surface area contributed by atoms with Crippen molar-refractivity contribution in [3.05, 3.63) is 54.1 Å². The van der Waals surface area contributed by atoms with Crippen molar-refractivity contribution in [1.82, 2.24) is 5.32 Å². The van der Waals surface area contributed by atoms with Gasteiger partial charge in [0.25, 0.3) is 11.8 Å². The van der Waals surface area contributed by atoms with Crippen LogP contribution in [0.25, 0.3) is 0 Å². The summed E-state index contributed by atoms with van der Waals surface area (Å²) in [5, 5.41) is 11.3. The summed E-state index contributed by atoms with van der Waals surface area (Å²) in [5.74, 6) is 0.366. The summed E-state index contributed by atoms with van der Waals surface area (Å²) in [6.07, 6.45) is -0.784. The molecule has 0 spiro atoms. The number of carbonyl (C=O) groups is 2. The molecule has 0 aromatic heterocycles. The van der Waals surface area contributed by atoms with E-state index in [2.05, 4.69) is 5.32 Å². The maximum absolute atomic E-state index is 12.7. The number of anilines is 1. The molecule has 2 aromatic rings. The predicted molar refractivity (Wildman–Crippen MR) is 93.9 cm³/mol. The van der Waals surface area contributed by atoms with Gasteiger partial charge in [0.05, 0.1) is 23.9 Å². The van der Waals surface area contributed by atoms with Gasteiger partial charge in [0.1, 0.15) is 11.5 Å². The van der Waals surface area contributed by atoms with E-state index in [1.54, 1.807) is 48.5 Å². The van der Waals surface area contributed by atoms with E-state index in [1.165, 1.54) is 11.9 Å². The molecule has 0 fully saturated rings. The highest BCUT2D eigenvalue weighted by Gasteiger charge is 2.33. The molecule has 1 atom stereocenters. The lowest BCUT2D eigenvalue weighted by molar-refractivity contribution is -0.128. The zero-order chi connectivity index (χ0) is 18.5. The van der Waals surface area contributed by atoms with Crippen molar-refractivity contribution in [2.45, 2.75) is 6.10 Å². The van der Waals surface area contributed by atoms with Gasteiger partial charge in [-0.25, -0.2) is 0 Å². The van der Waals surface area contributed by atoms with Gasteiger partial charge in [-0.3, -0.25) is 9.59 Å². The van der Waals surface area contributed by atoms with Crippen LogP contribution in [0.15, 0.2) is 48.5 Å². The summed E-state index contributed by atoms with van der Waals surface area (Å²) >= 11 is 0. The second-order valence-electron chi connectivity index (χ2n) is 5.62. The van der Waals surface area contributed by atoms with E-state index in [1.807, 2.05) is 6.07 Å². The third kappa shape index (κ3) is 3.59. The number of nitriles is 1.